The molecule has 8 nitrogen and oxygen atoms in total. The third-order valence-electron chi connectivity index (χ3n) is 9.79. The first kappa shape index (κ1) is 39.3. The normalized spacial score (nSPS) is 22.4. The molecule has 0 aromatic heterocycles. The van der Waals surface area contributed by atoms with E-state index >= 15 is 0 Å². The summed E-state index contributed by atoms with van der Waals surface area (Å²) in [5.74, 6) is -0.475. The minimum atomic E-state index is -2.12. The molecule has 0 aromatic carbocycles. The van der Waals surface area contributed by atoms with Gasteiger partial charge < -0.3 is 33.3 Å². The van der Waals surface area contributed by atoms with Crippen LogP contribution in [0.3, 0.4) is 0 Å². The number of hydrogen-bond acceptors (Lipinski definition) is 8. The van der Waals surface area contributed by atoms with Crippen LogP contribution in [0.2, 0.25) is 18.1 Å². The Morgan fingerprint density at radius 2 is 1.55 bits per heavy atom. The van der Waals surface area contributed by atoms with Crippen LogP contribution in [0.1, 0.15) is 94.4 Å². The predicted molar refractivity (Wildman–Crippen MR) is 170 cm³/mol. The first-order valence-corrected chi connectivity index (χ1v) is 18.8. The molecule has 1 fully saturated rings. The molecule has 8 atom stereocenters. The molecule has 0 bridgehead atoms. The minimum Gasteiger partial charge on any atom is -0.413 e. The van der Waals surface area contributed by atoms with Crippen LogP contribution >= 0.6 is 0 Å². The van der Waals surface area contributed by atoms with Crippen molar-refractivity contribution in [2.45, 2.75) is 143 Å². The highest BCUT2D eigenvalue weighted by atomic mass is 28.4. The number of Topliss-reactive ketones (excluding diaryl/α,β-unsaturated/α-hetero) is 1. The summed E-state index contributed by atoms with van der Waals surface area (Å²) in [4.78, 5) is 24.5. The van der Waals surface area contributed by atoms with Crippen LogP contribution in [0.15, 0.2) is 0 Å². The lowest BCUT2D eigenvalue weighted by Gasteiger charge is -2.43. The van der Waals surface area contributed by atoms with Gasteiger partial charge in [-0.3, -0.25) is 4.79 Å². The van der Waals surface area contributed by atoms with E-state index in [1.54, 1.807) is 14.2 Å². The third kappa shape index (κ3) is 12.0. The molecule has 1 N–H and O–H groups in total. The molecule has 1 aliphatic rings. The second-order valence-electron chi connectivity index (χ2n) is 15.2. The summed E-state index contributed by atoms with van der Waals surface area (Å²) >= 11 is 0. The number of aldehydes is 1. The van der Waals surface area contributed by atoms with Gasteiger partial charge in [-0.15, -0.1) is 0 Å². The molecule has 0 saturated carbocycles. The Labute approximate surface area is 258 Å². The van der Waals surface area contributed by atoms with Crippen LogP contribution in [-0.4, -0.2) is 83.6 Å². The number of rotatable bonds is 19. The number of carbonyl (C=O) groups is 2. The van der Waals surface area contributed by atoms with Crippen LogP contribution in [0.25, 0.3) is 0 Å². The number of hydrogen-bond donors (Lipinski definition) is 1. The summed E-state index contributed by atoms with van der Waals surface area (Å²) in [6, 6.07) is 0. The zero-order valence-electron chi connectivity index (χ0n) is 29.0. The molecule has 0 spiro atoms. The van der Waals surface area contributed by atoms with Gasteiger partial charge in [-0.2, -0.15) is 0 Å². The smallest absolute Gasteiger partial charge is 0.192 e. The van der Waals surface area contributed by atoms with Gasteiger partial charge in [0.25, 0.3) is 0 Å². The first-order valence-electron chi connectivity index (χ1n) is 15.9. The molecule has 0 radical (unpaired) electrons. The van der Waals surface area contributed by atoms with Gasteiger partial charge in [-0.05, 0) is 42.8 Å². The van der Waals surface area contributed by atoms with Gasteiger partial charge in [-0.1, -0.05) is 62.3 Å². The number of carbonyl (C=O) groups excluding carboxylic acids is 2. The fraction of sp³-hybridized carbons (Fsp3) is 0.939. The fourth-order valence-corrected chi connectivity index (χ4v) is 6.77. The quantitative estimate of drug-likeness (QED) is 0.131. The Morgan fingerprint density at radius 1 is 1.00 bits per heavy atom. The largest absolute Gasteiger partial charge is 0.413 e. The Kier molecular flexibility index (Phi) is 16.0. The fourth-order valence-electron chi connectivity index (χ4n) is 5.35. The van der Waals surface area contributed by atoms with Crippen molar-refractivity contribution >= 4 is 20.4 Å². The Hall–Kier alpha value is -0.683. The lowest BCUT2D eigenvalue weighted by molar-refractivity contribution is -0.230. The van der Waals surface area contributed by atoms with Crippen LogP contribution in [0.4, 0.5) is 0 Å². The second-order valence-corrected chi connectivity index (χ2v) is 19.9. The maximum atomic E-state index is 13.2. The average molecular weight is 617 g/mol. The highest BCUT2D eigenvalue weighted by Crippen LogP contribution is 2.40. The molecule has 1 saturated heterocycles. The Balaban J connectivity index is 2.84. The average Bonchev–Trinajstić information content (AvgIpc) is 2.91. The summed E-state index contributed by atoms with van der Waals surface area (Å²) in [6.45, 7) is 24.5. The number of methoxy groups -OCH3 is 2. The monoisotopic (exact) mass is 616 g/mol. The minimum absolute atomic E-state index is 0.00567. The number of aliphatic hydroxyl groups excluding tert-OH is 1. The van der Waals surface area contributed by atoms with Gasteiger partial charge in [0.2, 0.25) is 0 Å². The van der Waals surface area contributed by atoms with Crippen molar-refractivity contribution in [3.05, 3.63) is 0 Å². The van der Waals surface area contributed by atoms with E-state index in [4.69, 9.17) is 23.4 Å². The number of aliphatic hydroxyl groups is 1. The molecule has 1 aliphatic heterocycles. The van der Waals surface area contributed by atoms with Crippen LogP contribution in [0, 0.1) is 29.1 Å². The van der Waals surface area contributed by atoms with E-state index in [1.165, 1.54) is 0 Å². The first-order chi connectivity index (χ1) is 19.3. The van der Waals surface area contributed by atoms with E-state index < -0.39 is 20.3 Å². The summed E-state index contributed by atoms with van der Waals surface area (Å²) in [5.41, 5.74) is -0.00567. The lowest BCUT2D eigenvalue weighted by Crippen LogP contribution is -2.48. The molecule has 248 valence electrons. The highest BCUT2D eigenvalue weighted by molar-refractivity contribution is 6.74. The molecule has 0 amide bonds. The molecule has 1 rings (SSSR count). The molecular weight excluding hydrogens is 552 g/mol. The summed E-state index contributed by atoms with van der Waals surface area (Å²) in [6.07, 6.45) is 1.79. The van der Waals surface area contributed by atoms with Crippen molar-refractivity contribution in [2.75, 3.05) is 27.4 Å². The summed E-state index contributed by atoms with van der Waals surface area (Å²) in [5, 5.41) is 11.0. The molecule has 0 aliphatic carbocycles. The third-order valence-corrected chi connectivity index (χ3v) is 14.3. The van der Waals surface area contributed by atoms with Crippen molar-refractivity contribution in [3.63, 3.8) is 0 Å². The van der Waals surface area contributed by atoms with Gasteiger partial charge in [0.05, 0.1) is 37.6 Å². The predicted octanol–water partition coefficient (Wildman–Crippen LogP) is 6.43. The van der Waals surface area contributed by atoms with Gasteiger partial charge in [0.1, 0.15) is 12.1 Å². The number of ether oxygens (including phenoxy) is 4. The zero-order valence-corrected chi connectivity index (χ0v) is 30.0. The summed E-state index contributed by atoms with van der Waals surface area (Å²) in [7, 11) is 1.23. The number of ketones is 1. The molecule has 9 heteroatoms. The molecule has 1 heterocycles. The summed E-state index contributed by atoms with van der Waals surface area (Å²) < 4.78 is 30.3. The maximum absolute atomic E-state index is 13.2. The van der Waals surface area contributed by atoms with E-state index in [2.05, 4.69) is 61.6 Å². The second kappa shape index (κ2) is 17.1. The Bertz CT molecular complexity index is 800. The van der Waals surface area contributed by atoms with Gasteiger partial charge in [-0.25, -0.2) is 0 Å². The molecular formula is C33H64O8Si. The van der Waals surface area contributed by atoms with Crippen LogP contribution < -0.4 is 0 Å². The Morgan fingerprint density at radius 3 is 2.02 bits per heavy atom. The standard InChI is InChI=1S/C33H64O8Si/c1-22(14-15-26(35)24(3)31(36)23(2)18-30-39-20-33(8,9)21-40-30)28(38-11)19-29(25(4)27(37-10)16-17-34)41-42(12,13)32(5,6)7/h17,22-25,27-31,36H,14-16,18-21H2,1-13H3/t22-,23+,24-,25+,27-,28-,29-,31+/m0/s1. The van der Waals surface area contributed by atoms with Crippen LogP contribution in [0.5, 0.6) is 0 Å². The molecule has 0 aromatic rings. The van der Waals surface area contributed by atoms with Gasteiger partial charge in [0, 0.05) is 50.7 Å². The van der Waals surface area contributed by atoms with E-state index in [-0.39, 0.29) is 58.6 Å². The topological polar surface area (TPSA) is 101 Å². The van der Waals surface area contributed by atoms with E-state index in [1.807, 2.05) is 13.8 Å². The van der Waals surface area contributed by atoms with Crippen LogP contribution in [-0.2, 0) is 33.0 Å². The molecule has 42 heavy (non-hydrogen) atoms. The zero-order chi connectivity index (χ0) is 32.5. The van der Waals surface area contributed by atoms with Crippen molar-refractivity contribution in [1.29, 1.82) is 0 Å². The van der Waals surface area contributed by atoms with E-state index in [0.29, 0.717) is 45.3 Å². The van der Waals surface area contributed by atoms with Crippen molar-refractivity contribution in [1.82, 2.24) is 0 Å². The molecule has 0 unspecified atom stereocenters. The SMILES string of the molecule is CO[C@@H](CC=O)[C@@H](C)[C@H](C[C@H](OC)[C@@H](C)CCC(=O)[C@H](C)[C@H](O)[C@H](C)CC1OCC(C)(C)CO1)O[Si](C)(C)C(C)(C)C. The maximum Gasteiger partial charge on any atom is 0.192 e. The van der Waals surface area contributed by atoms with E-state index in [0.717, 1.165) is 6.29 Å². The lowest BCUT2D eigenvalue weighted by atomic mass is 9.84. The highest BCUT2D eigenvalue weighted by Gasteiger charge is 2.42. The van der Waals surface area contributed by atoms with E-state index in [9.17, 15) is 14.7 Å². The van der Waals surface area contributed by atoms with Crippen molar-refractivity contribution < 1.29 is 38.1 Å². The van der Waals surface area contributed by atoms with Gasteiger partial charge in [0.15, 0.2) is 14.6 Å². The van der Waals surface area contributed by atoms with Crippen molar-refractivity contribution in [3.8, 4) is 0 Å². The van der Waals surface area contributed by atoms with Gasteiger partial charge >= 0.3 is 0 Å². The van der Waals surface area contributed by atoms with Crippen molar-refractivity contribution in [2.24, 2.45) is 29.1 Å².